The van der Waals surface area contributed by atoms with Crippen LogP contribution in [0.5, 0.6) is 11.5 Å². The first-order valence-electron chi connectivity index (χ1n) is 14.2. The minimum atomic E-state index is -0.611. The fourth-order valence-electron chi connectivity index (χ4n) is 4.78. The van der Waals surface area contributed by atoms with Gasteiger partial charge in [-0.05, 0) is 59.9 Å². The lowest BCUT2D eigenvalue weighted by molar-refractivity contribution is -0.141. The number of methoxy groups -OCH3 is 1. The molecule has 0 saturated heterocycles. The molecule has 0 spiro atoms. The van der Waals surface area contributed by atoms with Crippen LogP contribution in [0.25, 0.3) is 11.1 Å². The number of esters is 1. The molecule has 7 heteroatoms. The molecule has 2 atom stereocenters. The summed E-state index contributed by atoms with van der Waals surface area (Å²) in [5.41, 5.74) is 3.75. The van der Waals surface area contributed by atoms with Gasteiger partial charge in [0, 0.05) is 22.8 Å². The molecule has 42 heavy (non-hydrogen) atoms. The zero-order chi connectivity index (χ0) is 29.9. The summed E-state index contributed by atoms with van der Waals surface area (Å²) in [5, 5.41) is 6.89. The summed E-state index contributed by atoms with van der Waals surface area (Å²) in [7, 11) is 1.34. The van der Waals surface area contributed by atoms with Crippen molar-refractivity contribution in [1.82, 2.24) is 5.32 Å². The van der Waals surface area contributed by atoms with E-state index in [9.17, 15) is 9.59 Å². The molecule has 0 aliphatic rings. The van der Waals surface area contributed by atoms with E-state index in [-0.39, 0.29) is 12.3 Å². The van der Waals surface area contributed by atoms with Crippen molar-refractivity contribution in [3.8, 4) is 22.6 Å². The van der Waals surface area contributed by atoms with Crippen LogP contribution < -0.4 is 15.4 Å². The number of carbonyl (C=O) groups is 2. The number of nitrogens with one attached hydrogen (secondary N) is 2. The van der Waals surface area contributed by atoms with Crippen molar-refractivity contribution in [2.75, 3.05) is 19.0 Å². The van der Waals surface area contributed by atoms with Crippen LogP contribution in [0.3, 0.4) is 0 Å². The normalized spacial score (nSPS) is 12.2. The number of rotatable bonds is 13. The fourth-order valence-corrected chi connectivity index (χ4v) is 4.95. The minimum absolute atomic E-state index is 0.0217. The van der Waals surface area contributed by atoms with Crippen LogP contribution in [0.15, 0.2) is 97.1 Å². The number of benzene rings is 4. The molecule has 0 radical (unpaired) electrons. The number of hydrogen-bond donors (Lipinski definition) is 2. The highest BCUT2D eigenvalue weighted by Gasteiger charge is 2.22. The molecule has 2 N–H and O–H groups in total. The summed E-state index contributed by atoms with van der Waals surface area (Å²) in [6.07, 6.45) is 2.16. The smallest absolute Gasteiger partial charge is 0.307 e. The Morgan fingerprint density at radius 3 is 2.33 bits per heavy atom. The molecule has 0 aromatic heterocycles. The molecule has 0 aliphatic carbocycles. The molecule has 0 saturated carbocycles. The number of para-hydroxylation sites is 2. The van der Waals surface area contributed by atoms with E-state index in [1.165, 1.54) is 7.11 Å². The van der Waals surface area contributed by atoms with Gasteiger partial charge in [0.2, 0.25) is 0 Å². The number of hydrogen-bond acceptors (Lipinski definition) is 5. The Morgan fingerprint density at radius 1 is 0.905 bits per heavy atom. The number of halogens is 1. The van der Waals surface area contributed by atoms with Gasteiger partial charge in [-0.1, -0.05) is 92.5 Å². The average molecular weight is 585 g/mol. The molecule has 0 aliphatic heterocycles. The van der Waals surface area contributed by atoms with Crippen LogP contribution in [0.4, 0.5) is 5.69 Å². The molecule has 4 aromatic rings. The van der Waals surface area contributed by atoms with Crippen LogP contribution in [-0.4, -0.2) is 25.5 Å². The second-order valence-corrected chi connectivity index (χ2v) is 10.7. The van der Waals surface area contributed by atoms with Crippen LogP contribution in [0, 0.1) is 5.92 Å². The van der Waals surface area contributed by atoms with Gasteiger partial charge in [0.15, 0.2) is 0 Å². The second kappa shape index (κ2) is 15.1. The highest BCUT2D eigenvalue weighted by molar-refractivity contribution is 6.31. The standard InChI is InChI=1S/C35H37ClN2O4/c1-4-10-24(2)23-37-31-20-19-27(36)21-30(31)35(40)38-32(22-34(39)41-3)26-17-15-25(16-18-26)29-13-8-9-14-33(29)42-28-11-6-5-7-12-28/h5-9,11-21,24,32,37H,4,10,22-23H2,1-3H3,(H,38,40). The van der Waals surface area contributed by atoms with Crippen LogP contribution in [0.2, 0.25) is 5.02 Å². The summed E-state index contributed by atoms with van der Waals surface area (Å²) in [5.74, 6) is 1.17. The molecule has 4 rings (SSSR count). The number of amides is 1. The second-order valence-electron chi connectivity index (χ2n) is 10.3. The number of ether oxygens (including phenoxy) is 2. The summed E-state index contributed by atoms with van der Waals surface area (Å²) >= 11 is 6.28. The van der Waals surface area contributed by atoms with E-state index in [0.717, 1.165) is 47.6 Å². The summed E-state index contributed by atoms with van der Waals surface area (Å²) < 4.78 is 11.1. The van der Waals surface area contributed by atoms with E-state index in [1.54, 1.807) is 12.1 Å². The fraction of sp³-hybridized carbons (Fsp3) is 0.257. The first-order valence-corrected chi connectivity index (χ1v) is 14.6. The molecule has 0 bridgehead atoms. The predicted molar refractivity (Wildman–Crippen MR) is 169 cm³/mol. The number of anilines is 1. The van der Waals surface area contributed by atoms with Crippen molar-refractivity contribution in [3.63, 3.8) is 0 Å². The maximum Gasteiger partial charge on any atom is 0.307 e. The van der Waals surface area contributed by atoms with Gasteiger partial charge in [0.1, 0.15) is 11.5 Å². The van der Waals surface area contributed by atoms with Crippen molar-refractivity contribution < 1.29 is 19.1 Å². The van der Waals surface area contributed by atoms with Gasteiger partial charge in [-0.15, -0.1) is 0 Å². The maximum atomic E-state index is 13.6. The maximum absolute atomic E-state index is 13.6. The zero-order valence-electron chi connectivity index (χ0n) is 24.2. The van der Waals surface area contributed by atoms with E-state index >= 15 is 0 Å². The first-order chi connectivity index (χ1) is 20.4. The quantitative estimate of drug-likeness (QED) is 0.154. The van der Waals surface area contributed by atoms with Crippen molar-refractivity contribution in [1.29, 1.82) is 0 Å². The van der Waals surface area contributed by atoms with E-state index in [2.05, 4.69) is 24.5 Å². The molecule has 0 fully saturated rings. The van der Waals surface area contributed by atoms with E-state index in [1.807, 2.05) is 84.9 Å². The van der Waals surface area contributed by atoms with E-state index in [4.69, 9.17) is 21.1 Å². The van der Waals surface area contributed by atoms with E-state index in [0.29, 0.717) is 22.2 Å². The monoisotopic (exact) mass is 584 g/mol. The van der Waals surface area contributed by atoms with Gasteiger partial charge in [0.25, 0.3) is 5.91 Å². The van der Waals surface area contributed by atoms with Crippen molar-refractivity contribution in [2.45, 2.75) is 39.2 Å². The van der Waals surface area contributed by atoms with Crippen molar-refractivity contribution in [2.24, 2.45) is 5.92 Å². The molecule has 218 valence electrons. The topological polar surface area (TPSA) is 76.7 Å². The Kier molecular flexibility index (Phi) is 11.0. The minimum Gasteiger partial charge on any atom is -0.469 e. The molecule has 6 nitrogen and oxygen atoms in total. The Hall–Kier alpha value is -4.29. The highest BCUT2D eigenvalue weighted by Crippen LogP contribution is 2.34. The molecule has 4 aromatic carbocycles. The summed E-state index contributed by atoms with van der Waals surface area (Å²) in [4.78, 5) is 25.9. The lowest BCUT2D eigenvalue weighted by Gasteiger charge is -2.21. The van der Waals surface area contributed by atoms with Crippen molar-refractivity contribution >= 4 is 29.2 Å². The van der Waals surface area contributed by atoms with Gasteiger partial charge < -0.3 is 20.1 Å². The van der Waals surface area contributed by atoms with Crippen LogP contribution in [-0.2, 0) is 9.53 Å². The molecular weight excluding hydrogens is 548 g/mol. The van der Waals surface area contributed by atoms with Gasteiger partial charge in [0.05, 0.1) is 25.1 Å². The Labute approximate surface area is 253 Å². The average Bonchev–Trinajstić information content (AvgIpc) is 3.01. The third kappa shape index (κ3) is 8.37. The van der Waals surface area contributed by atoms with Gasteiger partial charge >= 0.3 is 5.97 Å². The molecule has 1 amide bonds. The SMILES string of the molecule is CCCC(C)CNc1ccc(Cl)cc1C(=O)NC(CC(=O)OC)c1ccc(-c2ccccc2Oc2ccccc2)cc1. The zero-order valence-corrected chi connectivity index (χ0v) is 25.0. The van der Waals surface area contributed by atoms with Gasteiger partial charge in [-0.3, -0.25) is 9.59 Å². The van der Waals surface area contributed by atoms with E-state index < -0.39 is 12.0 Å². The van der Waals surface area contributed by atoms with Gasteiger partial charge in [-0.25, -0.2) is 0 Å². The third-order valence-corrected chi connectivity index (χ3v) is 7.27. The third-order valence-electron chi connectivity index (χ3n) is 7.03. The molecule has 2 unspecified atom stereocenters. The largest absolute Gasteiger partial charge is 0.469 e. The van der Waals surface area contributed by atoms with Crippen molar-refractivity contribution in [3.05, 3.63) is 113 Å². The highest BCUT2D eigenvalue weighted by atomic mass is 35.5. The van der Waals surface area contributed by atoms with Gasteiger partial charge in [-0.2, -0.15) is 0 Å². The summed E-state index contributed by atoms with van der Waals surface area (Å²) in [6.45, 7) is 5.07. The Bertz CT molecular complexity index is 1470. The lowest BCUT2D eigenvalue weighted by atomic mass is 9.98. The lowest BCUT2D eigenvalue weighted by Crippen LogP contribution is -2.31. The van der Waals surface area contributed by atoms with Crippen LogP contribution in [0.1, 0.15) is 55.1 Å². The van der Waals surface area contributed by atoms with Crippen LogP contribution >= 0.6 is 11.6 Å². The summed E-state index contributed by atoms with van der Waals surface area (Å²) in [6, 6.07) is 29.8. The number of carbonyl (C=O) groups excluding carboxylic acids is 2. The Balaban J connectivity index is 1.57. The first kappa shape index (κ1) is 30.7. The predicted octanol–water partition coefficient (Wildman–Crippen LogP) is 8.68. The Morgan fingerprint density at radius 2 is 1.62 bits per heavy atom. The molecular formula is C35H37ClN2O4. The molecule has 0 heterocycles.